The second kappa shape index (κ2) is 5.91. The molecule has 0 spiro atoms. The van der Waals surface area contributed by atoms with Crippen molar-refractivity contribution in [2.24, 2.45) is 0 Å². The summed E-state index contributed by atoms with van der Waals surface area (Å²) in [5.74, 6) is 0.173. The summed E-state index contributed by atoms with van der Waals surface area (Å²) in [6, 6.07) is 3.84. The van der Waals surface area contributed by atoms with Crippen LogP contribution in [0.25, 0.3) is 0 Å². The van der Waals surface area contributed by atoms with Gasteiger partial charge in [0.1, 0.15) is 0 Å². The number of aromatic nitrogens is 2. The van der Waals surface area contributed by atoms with Gasteiger partial charge in [0.25, 0.3) is 5.91 Å². The first-order valence-corrected chi connectivity index (χ1v) is 7.78. The van der Waals surface area contributed by atoms with Crippen molar-refractivity contribution in [2.45, 2.75) is 18.7 Å². The molecule has 7 heteroatoms. The molecular formula is C12H12IN3O2S. The maximum Gasteiger partial charge on any atom is 0.322 e. The Labute approximate surface area is 128 Å². The summed E-state index contributed by atoms with van der Waals surface area (Å²) < 4.78 is 6.27. The number of anilines is 1. The molecule has 100 valence electrons. The van der Waals surface area contributed by atoms with Gasteiger partial charge in [0, 0.05) is 21.0 Å². The summed E-state index contributed by atoms with van der Waals surface area (Å²) in [7, 11) is 0. The van der Waals surface area contributed by atoms with Crippen LogP contribution < -0.4 is 5.32 Å². The molecule has 1 aromatic heterocycles. The van der Waals surface area contributed by atoms with Crippen molar-refractivity contribution >= 4 is 46.3 Å². The van der Waals surface area contributed by atoms with Gasteiger partial charge in [-0.15, -0.1) is 16.9 Å². The lowest BCUT2D eigenvalue weighted by molar-refractivity contribution is 0.102. The van der Waals surface area contributed by atoms with Crippen LogP contribution >= 0.6 is 34.4 Å². The Morgan fingerprint density at radius 3 is 2.68 bits per heavy atom. The number of carbonyl (C=O) groups is 1. The molecule has 0 aliphatic heterocycles. The van der Waals surface area contributed by atoms with Crippen LogP contribution in [0.15, 0.2) is 21.4 Å². The highest BCUT2D eigenvalue weighted by Crippen LogP contribution is 2.28. The van der Waals surface area contributed by atoms with Gasteiger partial charge in [-0.05, 0) is 53.5 Å². The molecule has 1 aromatic carbocycles. The van der Waals surface area contributed by atoms with Crippen molar-refractivity contribution < 1.29 is 9.21 Å². The predicted octanol–water partition coefficient (Wildman–Crippen LogP) is 3.27. The Morgan fingerprint density at radius 1 is 1.37 bits per heavy atom. The summed E-state index contributed by atoms with van der Waals surface area (Å²) in [5.41, 5.74) is 1.56. The fraction of sp³-hybridized carbons (Fsp3) is 0.250. The van der Waals surface area contributed by atoms with Crippen LogP contribution in [0.4, 0.5) is 6.01 Å². The lowest BCUT2D eigenvalue weighted by Gasteiger charge is -2.10. The number of nitrogens with one attached hydrogen (secondary N) is 1. The van der Waals surface area contributed by atoms with E-state index < -0.39 is 0 Å². The van der Waals surface area contributed by atoms with E-state index in [2.05, 4.69) is 38.1 Å². The Morgan fingerprint density at radius 2 is 2.11 bits per heavy atom. The second-order valence-electron chi connectivity index (χ2n) is 3.83. The van der Waals surface area contributed by atoms with Crippen LogP contribution in [-0.4, -0.2) is 22.4 Å². The van der Waals surface area contributed by atoms with E-state index in [0.29, 0.717) is 11.5 Å². The van der Waals surface area contributed by atoms with E-state index in [-0.39, 0.29) is 11.9 Å². The van der Waals surface area contributed by atoms with Gasteiger partial charge in [-0.1, -0.05) is 5.10 Å². The van der Waals surface area contributed by atoms with Crippen LogP contribution in [-0.2, 0) is 0 Å². The SMILES string of the molecule is CSc1c(I)ccc(C(=O)Nc2nnc(C)o2)c1C. The molecule has 0 aliphatic rings. The number of halogens is 1. The molecule has 0 aliphatic carbocycles. The van der Waals surface area contributed by atoms with E-state index in [1.807, 2.05) is 19.2 Å². The fourth-order valence-corrected chi connectivity index (χ4v) is 3.59. The number of rotatable bonds is 3. The highest BCUT2D eigenvalue weighted by atomic mass is 127. The van der Waals surface area contributed by atoms with Gasteiger partial charge in [-0.2, -0.15) is 0 Å². The Balaban J connectivity index is 2.29. The number of hydrogen-bond donors (Lipinski definition) is 1. The average molecular weight is 389 g/mol. The number of carbonyl (C=O) groups excluding carboxylic acids is 1. The topological polar surface area (TPSA) is 68.0 Å². The van der Waals surface area contributed by atoms with Gasteiger partial charge in [0.05, 0.1) is 0 Å². The van der Waals surface area contributed by atoms with Gasteiger partial charge in [0.2, 0.25) is 5.89 Å². The first-order valence-electron chi connectivity index (χ1n) is 5.47. The zero-order chi connectivity index (χ0) is 14.0. The molecule has 0 bridgehead atoms. The van der Waals surface area contributed by atoms with Crippen LogP contribution in [0.1, 0.15) is 21.8 Å². The van der Waals surface area contributed by atoms with E-state index in [9.17, 15) is 4.79 Å². The zero-order valence-corrected chi connectivity index (χ0v) is 13.6. The molecule has 0 fully saturated rings. The molecule has 0 unspecified atom stereocenters. The van der Waals surface area contributed by atoms with Crippen LogP contribution in [0.5, 0.6) is 0 Å². The van der Waals surface area contributed by atoms with E-state index in [4.69, 9.17) is 4.42 Å². The maximum absolute atomic E-state index is 12.2. The number of thioether (sulfide) groups is 1. The van der Waals surface area contributed by atoms with E-state index in [0.717, 1.165) is 14.0 Å². The minimum absolute atomic E-state index is 0.117. The van der Waals surface area contributed by atoms with Crippen molar-refractivity contribution in [1.29, 1.82) is 0 Å². The first kappa shape index (κ1) is 14.3. The highest BCUT2D eigenvalue weighted by Gasteiger charge is 2.16. The zero-order valence-electron chi connectivity index (χ0n) is 10.7. The summed E-state index contributed by atoms with van der Waals surface area (Å²) >= 11 is 3.88. The molecule has 1 heterocycles. The van der Waals surface area contributed by atoms with Crippen LogP contribution in [0.2, 0.25) is 0 Å². The average Bonchev–Trinajstić information content (AvgIpc) is 2.75. The number of hydrogen-bond acceptors (Lipinski definition) is 5. The highest BCUT2D eigenvalue weighted by molar-refractivity contribution is 14.1. The van der Waals surface area contributed by atoms with E-state index in [1.54, 1.807) is 24.8 Å². The van der Waals surface area contributed by atoms with Crippen molar-refractivity contribution in [3.05, 3.63) is 32.7 Å². The van der Waals surface area contributed by atoms with Gasteiger partial charge in [-0.25, -0.2) is 0 Å². The maximum atomic E-state index is 12.2. The molecule has 1 amide bonds. The minimum Gasteiger partial charge on any atom is -0.408 e. The lowest BCUT2D eigenvalue weighted by atomic mass is 10.1. The van der Waals surface area contributed by atoms with Gasteiger partial charge >= 0.3 is 6.01 Å². The summed E-state index contributed by atoms with van der Waals surface area (Å²) in [6.45, 7) is 3.60. The van der Waals surface area contributed by atoms with Gasteiger partial charge in [-0.3, -0.25) is 10.1 Å². The molecule has 0 saturated heterocycles. The quantitative estimate of drug-likeness (QED) is 0.645. The third-order valence-corrected chi connectivity index (χ3v) is 4.75. The normalized spacial score (nSPS) is 10.5. The predicted molar refractivity (Wildman–Crippen MR) is 82.7 cm³/mol. The third kappa shape index (κ3) is 3.08. The molecule has 2 aromatic rings. The Bertz CT molecular complexity index is 627. The van der Waals surface area contributed by atoms with Crippen LogP contribution in [0, 0.1) is 17.4 Å². The van der Waals surface area contributed by atoms with Crippen molar-refractivity contribution in [1.82, 2.24) is 10.2 Å². The number of aryl methyl sites for hydroxylation is 1. The van der Waals surface area contributed by atoms with E-state index in [1.165, 1.54) is 0 Å². The molecule has 1 N–H and O–H groups in total. The summed E-state index contributed by atoms with van der Waals surface area (Å²) in [6.07, 6.45) is 1.99. The molecule has 19 heavy (non-hydrogen) atoms. The number of amides is 1. The van der Waals surface area contributed by atoms with Crippen LogP contribution in [0.3, 0.4) is 0 Å². The minimum atomic E-state index is -0.243. The molecule has 0 radical (unpaired) electrons. The second-order valence-corrected chi connectivity index (χ2v) is 5.81. The monoisotopic (exact) mass is 389 g/mol. The van der Waals surface area contributed by atoms with Crippen molar-refractivity contribution in [2.75, 3.05) is 11.6 Å². The number of benzene rings is 1. The van der Waals surface area contributed by atoms with E-state index >= 15 is 0 Å². The van der Waals surface area contributed by atoms with Crippen molar-refractivity contribution in [3.8, 4) is 0 Å². The molecular weight excluding hydrogens is 377 g/mol. The first-order chi connectivity index (χ1) is 9.02. The molecule has 0 atom stereocenters. The largest absolute Gasteiger partial charge is 0.408 e. The molecule has 2 rings (SSSR count). The fourth-order valence-electron chi connectivity index (χ4n) is 1.67. The van der Waals surface area contributed by atoms with Gasteiger partial charge in [0.15, 0.2) is 0 Å². The summed E-state index contributed by atoms with van der Waals surface area (Å²) in [5, 5.41) is 10.0. The standard InChI is InChI=1S/C12H12IN3O2S/c1-6-8(4-5-9(13)10(6)19-3)11(17)14-12-16-15-7(2)18-12/h4-5H,1-3H3,(H,14,16,17). The summed E-state index contributed by atoms with van der Waals surface area (Å²) in [4.78, 5) is 13.3. The Hall–Kier alpha value is -1.09. The van der Waals surface area contributed by atoms with Gasteiger partial charge < -0.3 is 4.42 Å². The molecule has 5 nitrogen and oxygen atoms in total. The third-order valence-electron chi connectivity index (χ3n) is 2.55. The Kier molecular flexibility index (Phi) is 4.46. The number of nitrogens with zero attached hydrogens (tertiary/aromatic N) is 2. The smallest absolute Gasteiger partial charge is 0.322 e. The molecule has 0 saturated carbocycles. The van der Waals surface area contributed by atoms with Crippen molar-refractivity contribution in [3.63, 3.8) is 0 Å². The lowest BCUT2D eigenvalue weighted by Crippen LogP contribution is -2.14.